The van der Waals surface area contributed by atoms with Gasteiger partial charge in [0.25, 0.3) is 0 Å². The van der Waals surface area contributed by atoms with Gasteiger partial charge in [-0.15, -0.1) is 11.3 Å². The summed E-state index contributed by atoms with van der Waals surface area (Å²) in [6.45, 7) is 6.68. The number of benzene rings is 2. The van der Waals surface area contributed by atoms with Crippen LogP contribution in [0.15, 0.2) is 42.5 Å². The van der Waals surface area contributed by atoms with Crippen LogP contribution >= 0.6 is 22.9 Å². The molecule has 1 aliphatic heterocycles. The van der Waals surface area contributed by atoms with E-state index in [0.717, 1.165) is 28.2 Å². The number of ether oxygens (including phenoxy) is 2. The lowest BCUT2D eigenvalue weighted by Crippen LogP contribution is -2.14. The molecule has 1 aliphatic rings. The van der Waals surface area contributed by atoms with Crippen molar-refractivity contribution in [1.82, 2.24) is 0 Å². The summed E-state index contributed by atoms with van der Waals surface area (Å²) in [5, 5.41) is 1.12. The molecule has 29 heavy (non-hydrogen) atoms. The van der Waals surface area contributed by atoms with Crippen molar-refractivity contribution in [3.63, 3.8) is 0 Å². The molecule has 0 unspecified atom stereocenters. The van der Waals surface area contributed by atoms with Crippen LogP contribution in [0.25, 0.3) is 10.4 Å². The Balaban J connectivity index is 1.85. The Bertz CT molecular complexity index is 1080. The summed E-state index contributed by atoms with van der Waals surface area (Å²) in [5.41, 5.74) is 9.48. The molecule has 0 aliphatic carbocycles. The zero-order valence-electron chi connectivity index (χ0n) is 16.5. The third-order valence-corrected chi connectivity index (χ3v) is 6.07. The third kappa shape index (κ3) is 3.98. The predicted molar refractivity (Wildman–Crippen MR) is 118 cm³/mol. The van der Waals surface area contributed by atoms with E-state index in [9.17, 15) is 4.79 Å². The van der Waals surface area contributed by atoms with E-state index < -0.39 is 0 Å². The van der Waals surface area contributed by atoms with Gasteiger partial charge in [-0.3, -0.25) is 4.79 Å². The number of thiophene rings is 1. The minimum atomic E-state index is -0.0818. The molecule has 150 valence electrons. The first-order chi connectivity index (χ1) is 13.7. The molecule has 0 fully saturated rings. The van der Waals surface area contributed by atoms with Crippen molar-refractivity contribution in [2.45, 2.75) is 27.2 Å². The van der Waals surface area contributed by atoms with E-state index in [1.807, 2.05) is 18.2 Å². The lowest BCUT2D eigenvalue weighted by Gasteiger charge is -2.20. The summed E-state index contributed by atoms with van der Waals surface area (Å²) >= 11 is 7.43. The highest BCUT2D eigenvalue weighted by Crippen LogP contribution is 2.45. The zero-order valence-corrected chi connectivity index (χ0v) is 18.1. The van der Waals surface area contributed by atoms with Gasteiger partial charge in [0.05, 0.1) is 10.6 Å². The minimum absolute atomic E-state index is 0.0202. The molecule has 1 aromatic heterocycles. The molecule has 0 amide bonds. The maximum atomic E-state index is 13.4. The molecule has 2 heterocycles. The van der Waals surface area contributed by atoms with Gasteiger partial charge >= 0.3 is 0 Å². The van der Waals surface area contributed by atoms with E-state index in [1.54, 1.807) is 24.3 Å². The SMILES string of the molecule is CC(C)(C)Cc1c(-c2ccc3c(c2)OCO3)sc(N)c1C(=O)c1ccc(Cl)cc1. The van der Waals surface area contributed by atoms with Crippen molar-refractivity contribution >= 4 is 33.7 Å². The predicted octanol–water partition coefficient (Wildman–Crippen LogP) is 6.20. The van der Waals surface area contributed by atoms with Crippen LogP contribution in [0, 0.1) is 5.41 Å². The van der Waals surface area contributed by atoms with E-state index in [1.165, 1.54) is 11.3 Å². The van der Waals surface area contributed by atoms with E-state index in [0.29, 0.717) is 26.9 Å². The molecule has 0 saturated heterocycles. The van der Waals surface area contributed by atoms with E-state index in [2.05, 4.69) is 20.8 Å². The normalized spacial score (nSPS) is 13.0. The topological polar surface area (TPSA) is 61.6 Å². The average Bonchev–Trinajstić information content (AvgIpc) is 3.24. The van der Waals surface area contributed by atoms with Crippen LogP contribution in [0.2, 0.25) is 5.02 Å². The number of ketones is 1. The van der Waals surface area contributed by atoms with Crippen molar-refractivity contribution in [3.8, 4) is 21.9 Å². The fourth-order valence-electron chi connectivity index (χ4n) is 3.45. The number of halogens is 1. The van der Waals surface area contributed by atoms with Gasteiger partial charge in [-0.2, -0.15) is 0 Å². The summed E-state index contributed by atoms with van der Waals surface area (Å²) in [6, 6.07) is 12.8. The Hall–Kier alpha value is -2.50. The van der Waals surface area contributed by atoms with Gasteiger partial charge in [0.15, 0.2) is 17.3 Å². The number of nitrogen functional groups attached to an aromatic ring is 1. The number of rotatable bonds is 4. The van der Waals surface area contributed by atoms with Crippen molar-refractivity contribution in [3.05, 3.63) is 64.2 Å². The van der Waals surface area contributed by atoms with Crippen molar-refractivity contribution in [1.29, 1.82) is 0 Å². The van der Waals surface area contributed by atoms with Gasteiger partial charge in [0, 0.05) is 15.5 Å². The Labute approximate surface area is 179 Å². The molecular weight excluding hydrogens is 406 g/mol. The maximum absolute atomic E-state index is 13.4. The smallest absolute Gasteiger partial charge is 0.231 e. The summed E-state index contributed by atoms with van der Waals surface area (Å²) in [7, 11) is 0. The van der Waals surface area contributed by atoms with Crippen LogP contribution in [-0.2, 0) is 6.42 Å². The Morgan fingerprint density at radius 1 is 1.10 bits per heavy atom. The number of anilines is 1. The second kappa shape index (κ2) is 7.39. The van der Waals surface area contributed by atoms with Crippen molar-refractivity contribution < 1.29 is 14.3 Å². The minimum Gasteiger partial charge on any atom is -0.454 e. The fraction of sp³-hybridized carbons (Fsp3) is 0.261. The van der Waals surface area contributed by atoms with Gasteiger partial charge < -0.3 is 15.2 Å². The molecule has 2 N–H and O–H groups in total. The largest absolute Gasteiger partial charge is 0.454 e. The summed E-state index contributed by atoms with van der Waals surface area (Å²) < 4.78 is 11.0. The molecule has 2 aromatic carbocycles. The first-order valence-corrected chi connectivity index (χ1v) is 10.5. The monoisotopic (exact) mass is 427 g/mol. The molecule has 4 nitrogen and oxygen atoms in total. The van der Waals surface area contributed by atoms with Crippen LogP contribution in [0.4, 0.5) is 5.00 Å². The van der Waals surface area contributed by atoms with Gasteiger partial charge in [-0.1, -0.05) is 32.4 Å². The number of fused-ring (bicyclic) bond motifs is 1. The lowest BCUT2D eigenvalue weighted by molar-refractivity contribution is 0.103. The first kappa shape index (κ1) is 19.8. The summed E-state index contributed by atoms with van der Waals surface area (Å²) in [4.78, 5) is 14.3. The number of carbonyl (C=O) groups is 1. The van der Waals surface area contributed by atoms with E-state index >= 15 is 0 Å². The Morgan fingerprint density at radius 3 is 2.48 bits per heavy atom. The molecule has 0 atom stereocenters. The van der Waals surface area contributed by atoms with E-state index in [-0.39, 0.29) is 18.0 Å². The third-order valence-electron chi connectivity index (χ3n) is 4.71. The summed E-state index contributed by atoms with van der Waals surface area (Å²) in [5.74, 6) is 1.36. The van der Waals surface area contributed by atoms with Crippen LogP contribution < -0.4 is 15.2 Å². The second-order valence-corrected chi connectivity index (χ2v) is 9.78. The molecule has 0 radical (unpaired) electrons. The number of hydrogen-bond acceptors (Lipinski definition) is 5. The highest BCUT2D eigenvalue weighted by molar-refractivity contribution is 7.20. The highest BCUT2D eigenvalue weighted by Gasteiger charge is 2.28. The van der Waals surface area contributed by atoms with Gasteiger partial charge in [0.2, 0.25) is 6.79 Å². The quantitative estimate of drug-likeness (QED) is 0.503. The van der Waals surface area contributed by atoms with Gasteiger partial charge in [-0.05, 0) is 65.4 Å². The Morgan fingerprint density at radius 2 is 1.79 bits per heavy atom. The van der Waals surface area contributed by atoms with Gasteiger partial charge in [0.1, 0.15) is 0 Å². The van der Waals surface area contributed by atoms with Crippen molar-refractivity contribution in [2.24, 2.45) is 5.41 Å². The first-order valence-electron chi connectivity index (χ1n) is 9.34. The molecular formula is C23H22ClNO3S. The molecule has 3 aromatic rings. The van der Waals surface area contributed by atoms with Crippen molar-refractivity contribution in [2.75, 3.05) is 12.5 Å². The number of carbonyl (C=O) groups excluding carboxylic acids is 1. The average molecular weight is 428 g/mol. The zero-order chi connectivity index (χ0) is 20.8. The summed E-state index contributed by atoms with van der Waals surface area (Å²) in [6.07, 6.45) is 0.721. The molecule has 0 spiro atoms. The molecule has 4 rings (SSSR count). The van der Waals surface area contributed by atoms with Crippen LogP contribution in [-0.4, -0.2) is 12.6 Å². The highest BCUT2D eigenvalue weighted by atomic mass is 35.5. The molecule has 0 bridgehead atoms. The molecule has 6 heteroatoms. The number of hydrogen-bond donors (Lipinski definition) is 1. The lowest BCUT2D eigenvalue weighted by atomic mass is 9.84. The second-order valence-electron chi connectivity index (χ2n) is 8.29. The standard InChI is InChI=1S/C23H22ClNO3S/c1-23(2,3)11-16-19(20(26)13-4-7-15(24)8-5-13)22(25)29-21(16)14-6-9-17-18(10-14)28-12-27-17/h4-10H,11-12,25H2,1-3H3. The number of nitrogens with two attached hydrogens (primary N) is 1. The maximum Gasteiger partial charge on any atom is 0.231 e. The van der Waals surface area contributed by atoms with Gasteiger partial charge in [-0.25, -0.2) is 0 Å². The fourth-order valence-corrected chi connectivity index (χ4v) is 4.66. The molecule has 0 saturated carbocycles. The Kier molecular flexibility index (Phi) is 5.05. The van der Waals surface area contributed by atoms with Crippen LogP contribution in [0.1, 0.15) is 42.3 Å². The van der Waals surface area contributed by atoms with Crippen LogP contribution in [0.3, 0.4) is 0 Å². The van der Waals surface area contributed by atoms with Crippen LogP contribution in [0.5, 0.6) is 11.5 Å². The van der Waals surface area contributed by atoms with E-state index in [4.69, 9.17) is 26.8 Å².